The van der Waals surface area contributed by atoms with E-state index in [9.17, 15) is 0 Å². The fourth-order valence-electron chi connectivity index (χ4n) is 3.06. The minimum Gasteiger partial charge on any atom is -0.374 e. The number of hydrogen-bond donors (Lipinski definition) is 0. The van der Waals surface area contributed by atoms with E-state index in [1.165, 1.54) is 27.4 Å². The summed E-state index contributed by atoms with van der Waals surface area (Å²) in [6.45, 7) is 8.29. The molecule has 2 nitrogen and oxygen atoms in total. The van der Waals surface area contributed by atoms with E-state index in [2.05, 4.69) is 67.8 Å². The summed E-state index contributed by atoms with van der Waals surface area (Å²) in [6, 6.07) is 15.4. The predicted octanol–water partition coefficient (Wildman–Crippen LogP) is 5.30. The van der Waals surface area contributed by atoms with Crippen LogP contribution in [0.25, 0.3) is 21.8 Å². The van der Waals surface area contributed by atoms with Gasteiger partial charge in [-0.3, -0.25) is 0 Å². The Kier molecular flexibility index (Phi) is 3.98. The summed E-state index contributed by atoms with van der Waals surface area (Å²) in [5.41, 5.74) is 3.88. The first-order valence-corrected chi connectivity index (χ1v) is 7.88. The number of hydrogen-bond acceptors (Lipinski definition) is 1. The Hall–Kier alpha value is -1.80. The lowest BCUT2D eigenvalue weighted by molar-refractivity contribution is 0.0663. The molecule has 110 valence electrons. The Balaban J connectivity index is 2.15. The maximum atomic E-state index is 5.86. The van der Waals surface area contributed by atoms with Crippen molar-refractivity contribution in [2.45, 2.75) is 39.8 Å². The Labute approximate surface area is 126 Å². The normalized spacial score (nSPS) is 13.1. The minimum atomic E-state index is 0.151. The molecule has 0 saturated heterocycles. The van der Waals surface area contributed by atoms with Gasteiger partial charge >= 0.3 is 0 Å². The first-order valence-electron chi connectivity index (χ1n) is 7.88. The number of rotatable bonds is 5. The first kappa shape index (κ1) is 14.2. The highest BCUT2D eigenvalue weighted by Crippen LogP contribution is 2.31. The molecule has 1 aromatic heterocycles. The lowest BCUT2D eigenvalue weighted by Gasteiger charge is -2.13. The van der Waals surface area contributed by atoms with Crippen LogP contribution in [0.5, 0.6) is 0 Å². The second-order valence-electron chi connectivity index (χ2n) is 5.55. The maximum absolute atomic E-state index is 5.86. The zero-order valence-corrected chi connectivity index (χ0v) is 13.1. The van der Waals surface area contributed by atoms with Crippen LogP contribution in [0, 0.1) is 0 Å². The van der Waals surface area contributed by atoms with Gasteiger partial charge in [0.05, 0.1) is 6.10 Å². The molecule has 0 bridgehead atoms. The van der Waals surface area contributed by atoms with Gasteiger partial charge in [0.2, 0.25) is 0 Å². The van der Waals surface area contributed by atoms with Crippen LogP contribution < -0.4 is 0 Å². The van der Waals surface area contributed by atoms with E-state index in [0.29, 0.717) is 0 Å². The van der Waals surface area contributed by atoms with Crippen LogP contribution in [0.1, 0.15) is 38.9 Å². The second kappa shape index (κ2) is 5.90. The summed E-state index contributed by atoms with van der Waals surface area (Å²) in [5, 5.41) is 2.66. The van der Waals surface area contributed by atoms with Crippen LogP contribution in [0.4, 0.5) is 0 Å². The van der Waals surface area contributed by atoms with Crippen LogP contribution in [-0.2, 0) is 11.3 Å². The standard InChI is InChI=1S/C19H23NO/c1-4-12-21-14(3)15-10-11-19-17(13-15)16-8-6-7-9-18(16)20(19)5-2/h6-11,13-14H,4-5,12H2,1-3H3/t14-/m1/s1. The van der Waals surface area contributed by atoms with Crippen molar-refractivity contribution in [3.8, 4) is 0 Å². The summed E-state index contributed by atoms with van der Waals surface area (Å²) >= 11 is 0. The average Bonchev–Trinajstić information content (AvgIpc) is 2.85. The molecule has 0 amide bonds. The molecular formula is C19H23NO. The second-order valence-corrected chi connectivity index (χ2v) is 5.55. The third kappa shape index (κ3) is 2.44. The van der Waals surface area contributed by atoms with Gasteiger partial charge in [-0.25, -0.2) is 0 Å². The minimum absolute atomic E-state index is 0.151. The van der Waals surface area contributed by atoms with Crippen molar-refractivity contribution in [2.24, 2.45) is 0 Å². The zero-order valence-electron chi connectivity index (χ0n) is 13.1. The van der Waals surface area contributed by atoms with E-state index >= 15 is 0 Å². The molecule has 0 saturated carbocycles. The zero-order chi connectivity index (χ0) is 14.8. The fraction of sp³-hybridized carbons (Fsp3) is 0.368. The molecule has 0 aliphatic heterocycles. The van der Waals surface area contributed by atoms with Crippen molar-refractivity contribution in [1.82, 2.24) is 4.57 Å². The molecule has 2 heteroatoms. The lowest BCUT2D eigenvalue weighted by atomic mass is 10.1. The van der Waals surface area contributed by atoms with Crippen LogP contribution in [0.15, 0.2) is 42.5 Å². The molecule has 1 heterocycles. The van der Waals surface area contributed by atoms with Crippen molar-refractivity contribution in [1.29, 1.82) is 0 Å². The van der Waals surface area contributed by atoms with E-state index in [1.807, 2.05) is 0 Å². The molecule has 0 unspecified atom stereocenters. The summed E-state index contributed by atoms with van der Waals surface area (Å²) in [6.07, 6.45) is 1.21. The van der Waals surface area contributed by atoms with Crippen LogP contribution in [0.2, 0.25) is 0 Å². The Morgan fingerprint density at radius 3 is 2.52 bits per heavy atom. The molecule has 0 N–H and O–H groups in total. The Morgan fingerprint density at radius 1 is 1.00 bits per heavy atom. The molecule has 3 rings (SSSR count). The van der Waals surface area contributed by atoms with E-state index < -0.39 is 0 Å². The molecule has 0 aliphatic carbocycles. The highest BCUT2D eigenvalue weighted by atomic mass is 16.5. The number of benzene rings is 2. The molecule has 1 atom stereocenters. The molecule has 0 radical (unpaired) electrons. The van der Waals surface area contributed by atoms with Gasteiger partial charge in [0, 0.05) is 35.0 Å². The number of aryl methyl sites for hydroxylation is 1. The van der Waals surface area contributed by atoms with Gasteiger partial charge < -0.3 is 9.30 Å². The average molecular weight is 281 g/mol. The largest absolute Gasteiger partial charge is 0.374 e. The summed E-state index contributed by atoms with van der Waals surface area (Å²) in [4.78, 5) is 0. The van der Waals surface area contributed by atoms with Crippen molar-refractivity contribution >= 4 is 21.8 Å². The van der Waals surface area contributed by atoms with Crippen molar-refractivity contribution < 1.29 is 4.74 Å². The topological polar surface area (TPSA) is 14.2 Å². The smallest absolute Gasteiger partial charge is 0.0797 e. The van der Waals surface area contributed by atoms with Crippen molar-refractivity contribution in [3.05, 3.63) is 48.0 Å². The summed E-state index contributed by atoms with van der Waals surface area (Å²) in [5.74, 6) is 0. The SMILES string of the molecule is CCCO[C@H](C)c1ccc2c(c1)c1ccccc1n2CC. The highest BCUT2D eigenvalue weighted by Gasteiger charge is 2.12. The Morgan fingerprint density at radius 2 is 1.76 bits per heavy atom. The lowest BCUT2D eigenvalue weighted by Crippen LogP contribution is -2.01. The first-order chi connectivity index (χ1) is 10.3. The number of fused-ring (bicyclic) bond motifs is 3. The van der Waals surface area contributed by atoms with Crippen LogP contribution >= 0.6 is 0 Å². The maximum Gasteiger partial charge on any atom is 0.0797 e. The van der Waals surface area contributed by atoms with Gasteiger partial charge in [-0.1, -0.05) is 31.2 Å². The van der Waals surface area contributed by atoms with E-state index in [-0.39, 0.29) is 6.10 Å². The number of para-hydroxylation sites is 1. The molecule has 3 aromatic rings. The molecule has 0 aliphatic rings. The Bertz CT molecular complexity index is 757. The van der Waals surface area contributed by atoms with Crippen molar-refractivity contribution in [3.63, 3.8) is 0 Å². The molecule has 2 aromatic carbocycles. The quantitative estimate of drug-likeness (QED) is 0.619. The summed E-state index contributed by atoms with van der Waals surface area (Å²) in [7, 11) is 0. The number of ether oxygens (including phenoxy) is 1. The van der Waals surface area contributed by atoms with E-state index in [1.54, 1.807) is 0 Å². The molecular weight excluding hydrogens is 258 g/mol. The number of aromatic nitrogens is 1. The van der Waals surface area contributed by atoms with Gasteiger partial charge in [0.25, 0.3) is 0 Å². The van der Waals surface area contributed by atoms with Gasteiger partial charge in [-0.2, -0.15) is 0 Å². The van der Waals surface area contributed by atoms with E-state index in [0.717, 1.165) is 19.6 Å². The van der Waals surface area contributed by atoms with Crippen molar-refractivity contribution in [2.75, 3.05) is 6.61 Å². The van der Waals surface area contributed by atoms with Gasteiger partial charge in [0.1, 0.15) is 0 Å². The monoisotopic (exact) mass is 281 g/mol. The van der Waals surface area contributed by atoms with Crippen LogP contribution in [-0.4, -0.2) is 11.2 Å². The third-order valence-corrected chi connectivity index (χ3v) is 4.15. The molecule has 21 heavy (non-hydrogen) atoms. The van der Waals surface area contributed by atoms with Gasteiger partial charge in [0.15, 0.2) is 0 Å². The van der Waals surface area contributed by atoms with Gasteiger partial charge in [-0.15, -0.1) is 0 Å². The number of nitrogens with zero attached hydrogens (tertiary/aromatic N) is 1. The van der Waals surface area contributed by atoms with Gasteiger partial charge in [-0.05, 0) is 44.0 Å². The highest BCUT2D eigenvalue weighted by molar-refractivity contribution is 6.08. The van der Waals surface area contributed by atoms with Crippen LogP contribution in [0.3, 0.4) is 0 Å². The summed E-state index contributed by atoms with van der Waals surface area (Å²) < 4.78 is 8.25. The third-order valence-electron chi connectivity index (χ3n) is 4.15. The fourth-order valence-corrected chi connectivity index (χ4v) is 3.06. The molecule has 0 fully saturated rings. The molecule has 0 spiro atoms. The predicted molar refractivity (Wildman–Crippen MR) is 89.8 cm³/mol. The van der Waals surface area contributed by atoms with E-state index in [4.69, 9.17) is 4.74 Å².